The van der Waals surface area contributed by atoms with Gasteiger partial charge in [0.15, 0.2) is 0 Å². The van der Waals surface area contributed by atoms with Crippen LogP contribution in [0.2, 0.25) is 0 Å². The second kappa shape index (κ2) is 6.01. The molecule has 1 atom stereocenters. The second-order valence-electron chi connectivity index (χ2n) is 7.14. The van der Waals surface area contributed by atoms with Gasteiger partial charge in [-0.25, -0.2) is 0 Å². The number of nitrogens with one attached hydrogen (secondary N) is 1. The van der Waals surface area contributed by atoms with Crippen LogP contribution in [0.15, 0.2) is 12.2 Å². The van der Waals surface area contributed by atoms with Crippen molar-refractivity contribution in [2.75, 3.05) is 6.73 Å². The molecule has 0 aromatic carbocycles. The van der Waals surface area contributed by atoms with E-state index in [9.17, 15) is 0 Å². The van der Waals surface area contributed by atoms with E-state index in [2.05, 4.69) is 53.4 Å². The molecule has 0 aromatic heterocycles. The Labute approximate surface area is 108 Å². The van der Waals surface area contributed by atoms with Gasteiger partial charge in [0.1, 0.15) is 0 Å². The van der Waals surface area contributed by atoms with Gasteiger partial charge >= 0.3 is 0 Å². The van der Waals surface area contributed by atoms with E-state index < -0.39 is 0 Å². The minimum Gasteiger partial charge on any atom is -0.364 e. The number of ether oxygens (including phenoxy) is 1. The van der Waals surface area contributed by atoms with Crippen molar-refractivity contribution in [3.8, 4) is 0 Å². The third kappa shape index (κ3) is 6.23. The quantitative estimate of drug-likeness (QED) is 0.581. The van der Waals surface area contributed by atoms with Crippen molar-refractivity contribution in [3.63, 3.8) is 0 Å². The molecule has 102 valence electrons. The van der Waals surface area contributed by atoms with E-state index in [0.717, 1.165) is 0 Å². The fraction of sp³-hybridized carbons (Fsp3) is 0.867. The summed E-state index contributed by atoms with van der Waals surface area (Å²) in [5.41, 5.74) is 1.49. The lowest BCUT2D eigenvalue weighted by molar-refractivity contribution is 0.0499. The maximum Gasteiger partial charge on any atom is 0.0973 e. The van der Waals surface area contributed by atoms with Crippen molar-refractivity contribution in [2.45, 2.75) is 67.5 Å². The Hall–Kier alpha value is -0.340. The van der Waals surface area contributed by atoms with Gasteiger partial charge in [-0.1, -0.05) is 53.7 Å². The normalized spacial score (nSPS) is 15.1. The molecule has 0 bridgehead atoms. The van der Waals surface area contributed by atoms with Gasteiger partial charge in [0, 0.05) is 6.04 Å². The fourth-order valence-corrected chi connectivity index (χ4v) is 1.68. The van der Waals surface area contributed by atoms with Crippen LogP contribution in [0, 0.1) is 10.8 Å². The van der Waals surface area contributed by atoms with Gasteiger partial charge in [-0.2, -0.15) is 0 Å². The summed E-state index contributed by atoms with van der Waals surface area (Å²) in [6.45, 7) is 22.3. The first kappa shape index (κ1) is 16.7. The monoisotopic (exact) mass is 241 g/mol. The van der Waals surface area contributed by atoms with Gasteiger partial charge in [-0.3, -0.25) is 5.32 Å². The number of hydrogen-bond acceptors (Lipinski definition) is 2. The second-order valence-corrected chi connectivity index (χ2v) is 7.14. The molecule has 0 saturated heterocycles. The molecular formula is C15H31NO. The summed E-state index contributed by atoms with van der Waals surface area (Å²) >= 11 is 0. The molecule has 0 aliphatic heterocycles. The molecule has 0 aliphatic rings. The summed E-state index contributed by atoms with van der Waals surface area (Å²) in [6.07, 6.45) is 0.256. The molecule has 0 spiro atoms. The molecular weight excluding hydrogens is 210 g/mol. The zero-order chi connectivity index (χ0) is 13.9. The van der Waals surface area contributed by atoms with Gasteiger partial charge in [0.05, 0.1) is 12.8 Å². The van der Waals surface area contributed by atoms with Crippen LogP contribution in [-0.4, -0.2) is 18.9 Å². The van der Waals surface area contributed by atoms with Crippen molar-refractivity contribution in [3.05, 3.63) is 12.2 Å². The van der Waals surface area contributed by atoms with E-state index in [1.54, 1.807) is 0 Å². The van der Waals surface area contributed by atoms with E-state index in [4.69, 9.17) is 4.74 Å². The van der Waals surface area contributed by atoms with E-state index in [1.807, 2.05) is 13.8 Å². The number of rotatable bonds is 5. The highest BCUT2D eigenvalue weighted by atomic mass is 16.5. The molecule has 2 heteroatoms. The lowest BCUT2D eigenvalue weighted by Crippen LogP contribution is -2.45. The molecule has 2 nitrogen and oxygen atoms in total. The lowest BCUT2D eigenvalue weighted by Gasteiger charge is -2.38. The van der Waals surface area contributed by atoms with Crippen molar-refractivity contribution in [1.82, 2.24) is 5.32 Å². The summed E-state index contributed by atoms with van der Waals surface area (Å²) in [4.78, 5) is 0. The highest BCUT2D eigenvalue weighted by molar-refractivity contribution is 5.16. The molecule has 0 rings (SSSR count). The Balaban J connectivity index is 4.63. The van der Waals surface area contributed by atoms with Gasteiger partial charge in [-0.15, -0.1) is 0 Å². The predicted molar refractivity (Wildman–Crippen MR) is 76.1 cm³/mol. The molecule has 17 heavy (non-hydrogen) atoms. The molecule has 0 amide bonds. The number of hydrogen-bond donors (Lipinski definition) is 1. The topological polar surface area (TPSA) is 21.3 Å². The third-order valence-corrected chi connectivity index (χ3v) is 2.88. The summed E-state index contributed by atoms with van der Waals surface area (Å²) in [7, 11) is 0. The first-order valence-electron chi connectivity index (χ1n) is 6.50. The van der Waals surface area contributed by atoms with Crippen LogP contribution >= 0.6 is 0 Å². The van der Waals surface area contributed by atoms with Crippen molar-refractivity contribution >= 4 is 0 Å². The van der Waals surface area contributed by atoms with E-state index in [-0.39, 0.29) is 23.0 Å². The SMILES string of the molecule is C=C(C(NCOC(C)C)C(C)(C)C)C(C)(C)C. The first-order chi connectivity index (χ1) is 7.46. The van der Waals surface area contributed by atoms with Crippen LogP contribution in [-0.2, 0) is 4.74 Å². The Morgan fingerprint density at radius 3 is 1.88 bits per heavy atom. The zero-order valence-electron chi connectivity index (χ0n) is 13.0. The van der Waals surface area contributed by atoms with E-state index >= 15 is 0 Å². The van der Waals surface area contributed by atoms with Crippen LogP contribution in [0.25, 0.3) is 0 Å². The Morgan fingerprint density at radius 2 is 1.59 bits per heavy atom. The summed E-state index contributed by atoms with van der Waals surface area (Å²) in [5, 5.41) is 3.48. The van der Waals surface area contributed by atoms with Crippen LogP contribution in [0.4, 0.5) is 0 Å². The Kier molecular flexibility index (Phi) is 5.89. The van der Waals surface area contributed by atoms with Gasteiger partial charge in [0.2, 0.25) is 0 Å². The molecule has 0 fully saturated rings. The average molecular weight is 241 g/mol. The van der Waals surface area contributed by atoms with E-state index in [0.29, 0.717) is 6.73 Å². The standard InChI is InChI=1S/C15H31NO/c1-11(2)17-10-16-13(15(7,8)9)12(3)14(4,5)6/h11,13,16H,3,10H2,1-2,4-9H3. The largest absolute Gasteiger partial charge is 0.364 e. The maximum absolute atomic E-state index is 5.58. The van der Waals surface area contributed by atoms with E-state index in [1.165, 1.54) is 5.57 Å². The third-order valence-electron chi connectivity index (χ3n) is 2.88. The van der Waals surface area contributed by atoms with Crippen LogP contribution in [0.1, 0.15) is 55.4 Å². The smallest absolute Gasteiger partial charge is 0.0973 e. The highest BCUT2D eigenvalue weighted by Gasteiger charge is 2.32. The molecule has 1 N–H and O–H groups in total. The first-order valence-corrected chi connectivity index (χ1v) is 6.50. The minimum absolute atomic E-state index is 0.114. The van der Waals surface area contributed by atoms with Gasteiger partial charge in [-0.05, 0) is 24.7 Å². The molecule has 0 aromatic rings. The van der Waals surface area contributed by atoms with Crippen molar-refractivity contribution in [1.29, 1.82) is 0 Å². The maximum atomic E-state index is 5.58. The molecule has 1 unspecified atom stereocenters. The van der Waals surface area contributed by atoms with Crippen LogP contribution in [0.5, 0.6) is 0 Å². The summed E-state index contributed by atoms with van der Waals surface area (Å²) in [6, 6.07) is 0.265. The van der Waals surface area contributed by atoms with Crippen molar-refractivity contribution in [2.24, 2.45) is 10.8 Å². The average Bonchev–Trinajstić information content (AvgIpc) is 2.07. The lowest BCUT2D eigenvalue weighted by atomic mass is 9.73. The van der Waals surface area contributed by atoms with Crippen LogP contribution in [0.3, 0.4) is 0 Å². The highest BCUT2D eigenvalue weighted by Crippen LogP contribution is 2.34. The molecule has 0 heterocycles. The fourth-order valence-electron chi connectivity index (χ4n) is 1.68. The summed E-state index contributed by atoms with van der Waals surface area (Å²) in [5.74, 6) is 0. The Bertz CT molecular complexity index is 243. The van der Waals surface area contributed by atoms with Gasteiger partial charge < -0.3 is 4.74 Å². The zero-order valence-corrected chi connectivity index (χ0v) is 13.0. The molecule has 0 aliphatic carbocycles. The summed E-state index contributed by atoms with van der Waals surface area (Å²) < 4.78 is 5.58. The minimum atomic E-state index is 0.114. The molecule has 0 radical (unpaired) electrons. The molecule has 0 saturated carbocycles. The van der Waals surface area contributed by atoms with Crippen LogP contribution < -0.4 is 5.32 Å². The van der Waals surface area contributed by atoms with Gasteiger partial charge in [0.25, 0.3) is 0 Å². The van der Waals surface area contributed by atoms with Crippen molar-refractivity contribution < 1.29 is 4.74 Å². The predicted octanol–water partition coefficient (Wildman–Crippen LogP) is 3.98. The Morgan fingerprint density at radius 1 is 1.12 bits per heavy atom.